The average Bonchev–Trinajstić information content (AvgIpc) is 2.30. The Hall–Kier alpha value is -2.29. The van der Waals surface area contributed by atoms with Crippen molar-refractivity contribution < 1.29 is 5.11 Å². The second kappa shape index (κ2) is 4.49. The van der Waals surface area contributed by atoms with Crippen LogP contribution in [-0.4, -0.2) is 11.3 Å². The summed E-state index contributed by atoms with van der Waals surface area (Å²) in [4.78, 5) is 4.29. The minimum Gasteiger partial charge on any atom is -0.508 e. The molecule has 0 aliphatic heterocycles. The van der Waals surface area contributed by atoms with Gasteiger partial charge in [-0.05, 0) is 54.1 Å². The van der Waals surface area contributed by atoms with Gasteiger partial charge in [0.2, 0.25) is 0 Å². The van der Waals surface area contributed by atoms with E-state index in [1.54, 1.807) is 30.5 Å². The molecule has 2 aromatic carbocycles. The van der Waals surface area contributed by atoms with Gasteiger partial charge in [-0.25, -0.2) is 0 Å². The van der Waals surface area contributed by atoms with E-state index in [4.69, 9.17) is 10.8 Å². The maximum Gasteiger partial charge on any atom is 0.115 e. The van der Waals surface area contributed by atoms with E-state index in [1.165, 1.54) is 0 Å². The molecule has 0 fully saturated rings. The lowest BCUT2D eigenvalue weighted by Gasteiger charge is -1.96. The number of benzene rings is 2. The Labute approximate surface area is 93.9 Å². The van der Waals surface area contributed by atoms with Crippen LogP contribution in [-0.2, 0) is 0 Å². The zero-order valence-electron chi connectivity index (χ0n) is 8.67. The first-order valence-electron chi connectivity index (χ1n) is 4.93. The Morgan fingerprint density at radius 2 is 1.56 bits per heavy atom. The SMILES string of the molecule is Nc1ccc(N=Cc2ccc(O)cc2)cc1. The largest absolute Gasteiger partial charge is 0.508 e. The zero-order valence-corrected chi connectivity index (χ0v) is 8.67. The molecule has 0 spiro atoms. The van der Waals surface area contributed by atoms with Crippen LogP contribution >= 0.6 is 0 Å². The highest BCUT2D eigenvalue weighted by Gasteiger charge is 1.90. The summed E-state index contributed by atoms with van der Waals surface area (Å²) in [6.07, 6.45) is 1.74. The molecule has 3 nitrogen and oxygen atoms in total. The Morgan fingerprint density at radius 1 is 0.938 bits per heavy atom. The molecule has 0 aromatic heterocycles. The fourth-order valence-corrected chi connectivity index (χ4v) is 1.27. The van der Waals surface area contributed by atoms with E-state index in [-0.39, 0.29) is 5.75 Å². The van der Waals surface area contributed by atoms with Gasteiger partial charge in [0.1, 0.15) is 5.75 Å². The Balaban J connectivity index is 2.15. The van der Waals surface area contributed by atoms with Crippen molar-refractivity contribution in [3.05, 3.63) is 54.1 Å². The number of hydrogen-bond donors (Lipinski definition) is 2. The van der Waals surface area contributed by atoms with Crippen LogP contribution in [0.3, 0.4) is 0 Å². The second-order valence-corrected chi connectivity index (χ2v) is 3.44. The third kappa shape index (κ3) is 2.60. The first-order valence-corrected chi connectivity index (χ1v) is 4.93. The lowest BCUT2D eigenvalue weighted by molar-refractivity contribution is 0.475. The van der Waals surface area contributed by atoms with Crippen LogP contribution in [0.4, 0.5) is 11.4 Å². The molecule has 0 bridgehead atoms. The second-order valence-electron chi connectivity index (χ2n) is 3.44. The maximum atomic E-state index is 9.11. The van der Waals surface area contributed by atoms with Gasteiger partial charge in [0.15, 0.2) is 0 Å². The molecule has 3 heteroatoms. The number of aliphatic imine (C=N–C) groups is 1. The van der Waals surface area contributed by atoms with Crippen LogP contribution < -0.4 is 5.73 Å². The number of hydrogen-bond acceptors (Lipinski definition) is 3. The predicted molar refractivity (Wildman–Crippen MR) is 66.2 cm³/mol. The third-order valence-corrected chi connectivity index (χ3v) is 2.15. The van der Waals surface area contributed by atoms with Crippen LogP contribution in [0.1, 0.15) is 5.56 Å². The molecule has 0 aliphatic carbocycles. The number of rotatable bonds is 2. The lowest BCUT2D eigenvalue weighted by atomic mass is 10.2. The summed E-state index contributed by atoms with van der Waals surface area (Å²) in [5.74, 6) is 0.254. The minimum atomic E-state index is 0.254. The number of nitrogens with zero attached hydrogens (tertiary/aromatic N) is 1. The quantitative estimate of drug-likeness (QED) is 0.594. The fourth-order valence-electron chi connectivity index (χ4n) is 1.27. The van der Waals surface area contributed by atoms with E-state index in [0.717, 1.165) is 16.9 Å². The van der Waals surface area contributed by atoms with Gasteiger partial charge >= 0.3 is 0 Å². The van der Waals surface area contributed by atoms with E-state index >= 15 is 0 Å². The van der Waals surface area contributed by atoms with Crippen molar-refractivity contribution in [1.82, 2.24) is 0 Å². The number of aromatic hydroxyl groups is 1. The molecular weight excluding hydrogens is 200 g/mol. The van der Waals surface area contributed by atoms with Crippen molar-refractivity contribution in [2.75, 3.05) is 5.73 Å². The lowest BCUT2D eigenvalue weighted by Crippen LogP contribution is -1.82. The predicted octanol–water partition coefficient (Wildman–Crippen LogP) is 2.73. The molecule has 80 valence electrons. The summed E-state index contributed by atoms with van der Waals surface area (Å²) in [5, 5.41) is 9.11. The highest BCUT2D eigenvalue weighted by Crippen LogP contribution is 2.14. The van der Waals surface area contributed by atoms with E-state index in [1.807, 2.05) is 24.3 Å². The van der Waals surface area contributed by atoms with Gasteiger partial charge in [0, 0.05) is 11.9 Å². The molecule has 0 radical (unpaired) electrons. The average molecular weight is 212 g/mol. The van der Waals surface area contributed by atoms with Crippen molar-refractivity contribution in [3.63, 3.8) is 0 Å². The number of nitrogens with two attached hydrogens (primary N) is 1. The van der Waals surface area contributed by atoms with E-state index in [0.29, 0.717) is 0 Å². The summed E-state index contributed by atoms with van der Waals surface area (Å²) in [6.45, 7) is 0. The van der Waals surface area contributed by atoms with Crippen LogP contribution in [0.2, 0.25) is 0 Å². The zero-order chi connectivity index (χ0) is 11.4. The first-order chi connectivity index (χ1) is 7.74. The number of phenolic OH excluding ortho intramolecular Hbond substituents is 1. The molecule has 2 rings (SSSR count). The van der Waals surface area contributed by atoms with Crippen molar-refractivity contribution in [2.24, 2.45) is 4.99 Å². The normalized spacial score (nSPS) is 10.8. The first kappa shape index (κ1) is 10.2. The minimum absolute atomic E-state index is 0.254. The standard InChI is InChI=1S/C13H12N2O/c14-11-3-5-12(6-4-11)15-9-10-1-7-13(16)8-2-10/h1-9,16H,14H2. The number of anilines is 1. The molecule has 0 saturated carbocycles. The van der Waals surface area contributed by atoms with Gasteiger partial charge in [-0.15, -0.1) is 0 Å². The highest BCUT2D eigenvalue weighted by atomic mass is 16.3. The molecule has 0 amide bonds. The van der Waals surface area contributed by atoms with Gasteiger partial charge < -0.3 is 10.8 Å². The smallest absolute Gasteiger partial charge is 0.115 e. The summed E-state index contributed by atoms with van der Waals surface area (Å²) in [6, 6.07) is 14.2. The summed E-state index contributed by atoms with van der Waals surface area (Å²) < 4.78 is 0. The fraction of sp³-hybridized carbons (Fsp3) is 0. The van der Waals surface area contributed by atoms with Crippen LogP contribution in [0, 0.1) is 0 Å². The maximum absolute atomic E-state index is 9.11. The van der Waals surface area contributed by atoms with Crippen LogP contribution in [0.15, 0.2) is 53.5 Å². The summed E-state index contributed by atoms with van der Waals surface area (Å²) in [5.41, 5.74) is 8.09. The summed E-state index contributed by atoms with van der Waals surface area (Å²) in [7, 11) is 0. The molecule has 0 aliphatic rings. The van der Waals surface area contributed by atoms with Crippen molar-refractivity contribution >= 4 is 17.6 Å². The van der Waals surface area contributed by atoms with E-state index in [9.17, 15) is 0 Å². The van der Waals surface area contributed by atoms with Gasteiger partial charge in [-0.2, -0.15) is 0 Å². The molecule has 3 N–H and O–H groups in total. The van der Waals surface area contributed by atoms with Gasteiger partial charge in [-0.3, -0.25) is 4.99 Å². The number of phenols is 1. The monoisotopic (exact) mass is 212 g/mol. The molecular formula is C13H12N2O. The highest BCUT2D eigenvalue weighted by molar-refractivity contribution is 5.82. The van der Waals surface area contributed by atoms with Gasteiger partial charge in [0.05, 0.1) is 5.69 Å². The van der Waals surface area contributed by atoms with Crippen LogP contribution in [0.5, 0.6) is 5.75 Å². The Morgan fingerprint density at radius 3 is 2.19 bits per heavy atom. The van der Waals surface area contributed by atoms with Crippen molar-refractivity contribution in [1.29, 1.82) is 0 Å². The molecule has 0 heterocycles. The van der Waals surface area contributed by atoms with E-state index in [2.05, 4.69) is 4.99 Å². The number of nitrogen functional groups attached to an aromatic ring is 1. The molecule has 16 heavy (non-hydrogen) atoms. The van der Waals surface area contributed by atoms with Gasteiger partial charge in [-0.1, -0.05) is 0 Å². The van der Waals surface area contributed by atoms with Crippen molar-refractivity contribution in [3.8, 4) is 5.75 Å². The van der Waals surface area contributed by atoms with Crippen molar-refractivity contribution in [2.45, 2.75) is 0 Å². The molecule has 0 saturated heterocycles. The third-order valence-electron chi connectivity index (χ3n) is 2.15. The molecule has 0 atom stereocenters. The molecule has 2 aromatic rings. The topological polar surface area (TPSA) is 58.6 Å². The Bertz CT molecular complexity index is 439. The van der Waals surface area contributed by atoms with Crippen LogP contribution in [0.25, 0.3) is 0 Å². The van der Waals surface area contributed by atoms with Gasteiger partial charge in [0.25, 0.3) is 0 Å². The summed E-state index contributed by atoms with van der Waals surface area (Å²) >= 11 is 0. The Kier molecular flexibility index (Phi) is 2.87. The van der Waals surface area contributed by atoms with E-state index < -0.39 is 0 Å². The molecule has 0 unspecified atom stereocenters.